The number of hydrogen-bond acceptors (Lipinski definition) is 5. The maximum Gasteiger partial charge on any atom is 0.582 e. The summed E-state index contributed by atoms with van der Waals surface area (Å²) in [5.41, 5.74) is 0. The Morgan fingerprint density at radius 3 is 2.25 bits per heavy atom. The zero-order valence-corrected chi connectivity index (χ0v) is 4.33. The van der Waals surface area contributed by atoms with Gasteiger partial charge in [-0.15, -0.1) is 9.25 Å². The molecule has 0 aliphatic carbocycles. The number of carbonyl (C=O) groups excluding carboxylic acids is 1. The first-order valence-electron chi connectivity index (χ1n) is 1.73. The van der Waals surface area contributed by atoms with Gasteiger partial charge in [0.15, 0.2) is 0 Å². The SMILES string of the molecule is O=C1OP2(=O)ON1O2. The van der Waals surface area contributed by atoms with Gasteiger partial charge in [-0.3, -0.25) is 0 Å². The van der Waals surface area contributed by atoms with Crippen LogP contribution in [0, 0.1) is 0 Å². The van der Waals surface area contributed by atoms with Gasteiger partial charge in [0.05, 0.1) is 0 Å². The van der Waals surface area contributed by atoms with E-state index in [1.165, 1.54) is 0 Å². The van der Waals surface area contributed by atoms with Crippen molar-refractivity contribution in [1.29, 1.82) is 0 Å². The lowest BCUT2D eigenvalue weighted by Gasteiger charge is -2.15. The second kappa shape index (κ2) is 0.907. The molecule has 0 atom stereocenters. The highest BCUT2D eigenvalue weighted by Crippen LogP contribution is 2.65. The van der Waals surface area contributed by atoms with E-state index in [1.807, 2.05) is 0 Å². The van der Waals surface area contributed by atoms with Crippen LogP contribution in [-0.4, -0.2) is 11.3 Å². The van der Waals surface area contributed by atoms with E-state index < -0.39 is 13.9 Å². The largest absolute Gasteiger partial charge is 0.582 e. The van der Waals surface area contributed by atoms with Crippen LogP contribution in [0.25, 0.3) is 0 Å². The molecule has 0 saturated carbocycles. The van der Waals surface area contributed by atoms with Gasteiger partial charge in [-0.2, -0.15) is 0 Å². The molecular formula is CNO5P. The molecule has 8 heavy (non-hydrogen) atoms. The van der Waals surface area contributed by atoms with E-state index in [2.05, 4.69) is 13.8 Å². The summed E-state index contributed by atoms with van der Waals surface area (Å²) in [4.78, 5) is 10.1. The van der Waals surface area contributed by atoms with Crippen molar-refractivity contribution in [3.05, 3.63) is 0 Å². The maximum absolute atomic E-state index is 10.4. The predicted octanol–water partition coefficient (Wildman–Crippen LogP) is 0.423. The van der Waals surface area contributed by atoms with Crippen LogP contribution in [0.3, 0.4) is 0 Å². The average molecular weight is 137 g/mol. The molecule has 3 heterocycles. The number of carbonyl (C=O) groups is 1. The van der Waals surface area contributed by atoms with Crippen molar-refractivity contribution >= 4 is 13.9 Å². The van der Waals surface area contributed by atoms with E-state index in [4.69, 9.17) is 0 Å². The van der Waals surface area contributed by atoms with Crippen LogP contribution in [-0.2, 0) is 18.3 Å². The normalized spacial score (nSPS) is 29.5. The number of rotatable bonds is 0. The Hall–Kier alpha value is -0.580. The summed E-state index contributed by atoms with van der Waals surface area (Å²) >= 11 is 0. The minimum absolute atomic E-state index is 0.431. The van der Waals surface area contributed by atoms with Crippen molar-refractivity contribution in [1.82, 2.24) is 5.23 Å². The predicted molar refractivity (Wildman–Crippen MR) is 18.1 cm³/mol. The molecule has 0 aromatic rings. The van der Waals surface area contributed by atoms with Crippen LogP contribution < -0.4 is 0 Å². The highest BCUT2D eigenvalue weighted by atomic mass is 31.2. The maximum atomic E-state index is 10.4. The average Bonchev–Trinajstić information content (AvgIpc) is 1.88. The van der Waals surface area contributed by atoms with Crippen molar-refractivity contribution < 1.29 is 23.1 Å². The van der Waals surface area contributed by atoms with Gasteiger partial charge in [-0.1, -0.05) is 0 Å². The van der Waals surface area contributed by atoms with Gasteiger partial charge in [0.25, 0.3) is 0 Å². The first-order valence-corrected chi connectivity index (χ1v) is 3.19. The smallest absolute Gasteiger partial charge is 0.348 e. The summed E-state index contributed by atoms with van der Waals surface area (Å²) in [7, 11) is -3.38. The number of hydrogen-bond donors (Lipinski definition) is 0. The molecule has 0 unspecified atom stereocenters. The van der Waals surface area contributed by atoms with Gasteiger partial charge < -0.3 is 4.52 Å². The molecule has 3 rings (SSSR count). The summed E-state index contributed by atoms with van der Waals surface area (Å²) in [5.74, 6) is 0. The van der Waals surface area contributed by atoms with Gasteiger partial charge in [0, 0.05) is 0 Å². The number of hydroxylamine groups is 2. The second-order valence-corrected chi connectivity index (χ2v) is 2.63. The minimum atomic E-state index is -3.38. The summed E-state index contributed by atoms with van der Waals surface area (Å²) in [5, 5.41) is 0.431. The number of fused-ring (bicyclic) bond motifs is 1. The molecule has 44 valence electrons. The molecule has 0 aromatic carbocycles. The Morgan fingerprint density at radius 1 is 1.50 bits per heavy atom. The summed E-state index contributed by atoms with van der Waals surface area (Å²) in [6, 6.07) is 0. The number of nitrogens with zero attached hydrogens (tertiary/aromatic N) is 1. The third-order valence-electron chi connectivity index (χ3n) is 0.687. The van der Waals surface area contributed by atoms with Gasteiger partial charge in [0.2, 0.25) is 0 Å². The summed E-state index contributed by atoms with van der Waals surface area (Å²) < 4.78 is 22.7. The van der Waals surface area contributed by atoms with E-state index in [0.717, 1.165) is 0 Å². The summed E-state index contributed by atoms with van der Waals surface area (Å²) in [6.45, 7) is 0. The van der Waals surface area contributed by atoms with Crippen molar-refractivity contribution in [2.24, 2.45) is 0 Å². The molecule has 7 heteroatoms. The molecule has 3 aliphatic heterocycles. The Kier molecular flexibility index (Phi) is 0.489. The lowest BCUT2D eigenvalue weighted by atomic mass is 11.3. The standard InChI is InChI=1S/CNO5P/c3-1-2-6-8(4,5-1)7-2. The lowest BCUT2D eigenvalue weighted by Crippen LogP contribution is -2.24. The monoisotopic (exact) mass is 137 g/mol. The van der Waals surface area contributed by atoms with Crippen LogP contribution in [0.4, 0.5) is 4.79 Å². The molecule has 0 N–H and O–H groups in total. The highest BCUT2D eigenvalue weighted by Gasteiger charge is 2.61. The fourth-order valence-corrected chi connectivity index (χ4v) is 1.25. The molecule has 6 nitrogen and oxygen atoms in total. The first-order chi connectivity index (χ1) is 3.70. The molecule has 3 aliphatic rings. The summed E-state index contributed by atoms with van der Waals surface area (Å²) in [6.07, 6.45) is -0.853. The molecule has 0 aromatic heterocycles. The van der Waals surface area contributed by atoms with Crippen molar-refractivity contribution in [2.45, 2.75) is 0 Å². The minimum Gasteiger partial charge on any atom is -0.348 e. The lowest BCUT2D eigenvalue weighted by molar-refractivity contribution is -0.273. The third kappa shape index (κ3) is 0.312. The van der Waals surface area contributed by atoms with Crippen molar-refractivity contribution in [2.75, 3.05) is 0 Å². The highest BCUT2D eigenvalue weighted by molar-refractivity contribution is 7.50. The van der Waals surface area contributed by atoms with Crippen LogP contribution in [0.5, 0.6) is 0 Å². The molecule has 2 bridgehead atoms. The zero-order chi connectivity index (χ0) is 5.78. The Morgan fingerprint density at radius 2 is 2.12 bits per heavy atom. The van der Waals surface area contributed by atoms with E-state index in [-0.39, 0.29) is 0 Å². The molecule has 0 spiro atoms. The molecule has 1 amide bonds. The van der Waals surface area contributed by atoms with E-state index in [0.29, 0.717) is 5.23 Å². The zero-order valence-electron chi connectivity index (χ0n) is 3.44. The Balaban J connectivity index is 2.41. The number of phosphoric acid groups is 1. The molecule has 0 radical (unpaired) electrons. The van der Waals surface area contributed by atoms with Gasteiger partial charge in [0.1, 0.15) is 0 Å². The third-order valence-corrected chi connectivity index (χ3v) is 1.76. The topological polar surface area (TPSA) is 65.1 Å². The van der Waals surface area contributed by atoms with Gasteiger partial charge >= 0.3 is 13.9 Å². The second-order valence-electron chi connectivity index (χ2n) is 1.22. The van der Waals surface area contributed by atoms with Crippen LogP contribution in [0.2, 0.25) is 0 Å². The van der Waals surface area contributed by atoms with Gasteiger partial charge in [-0.25, -0.2) is 9.36 Å². The van der Waals surface area contributed by atoms with Crippen molar-refractivity contribution in [3.63, 3.8) is 0 Å². The first kappa shape index (κ1) is 4.31. The Labute approximate surface area is 43.4 Å². The molecular weight excluding hydrogens is 137 g/mol. The van der Waals surface area contributed by atoms with Crippen LogP contribution >= 0.6 is 7.82 Å². The van der Waals surface area contributed by atoms with Crippen LogP contribution in [0.1, 0.15) is 0 Å². The fraction of sp³-hybridized carbons (Fsp3) is 0. The van der Waals surface area contributed by atoms with Crippen molar-refractivity contribution in [3.8, 4) is 0 Å². The van der Waals surface area contributed by atoms with E-state index in [1.54, 1.807) is 0 Å². The van der Waals surface area contributed by atoms with Crippen LogP contribution in [0.15, 0.2) is 0 Å². The van der Waals surface area contributed by atoms with Gasteiger partial charge in [-0.05, 0) is 5.23 Å². The van der Waals surface area contributed by atoms with E-state index in [9.17, 15) is 9.36 Å². The Bertz CT molecular complexity index is 189. The molecule has 3 saturated heterocycles. The quantitative estimate of drug-likeness (QED) is 0.452. The molecule has 3 fully saturated rings. The fourth-order valence-electron chi connectivity index (χ4n) is 0.417. The number of amides is 1. The van der Waals surface area contributed by atoms with E-state index >= 15 is 0 Å².